The van der Waals surface area contributed by atoms with Crippen molar-refractivity contribution < 1.29 is 32.2 Å². The Balaban J connectivity index is 1.22. The third-order valence-electron chi connectivity index (χ3n) is 8.19. The van der Waals surface area contributed by atoms with E-state index in [0.29, 0.717) is 43.9 Å². The first-order chi connectivity index (χ1) is 19.4. The number of nitrogens with one attached hydrogen (secondary N) is 2. The van der Waals surface area contributed by atoms with Gasteiger partial charge >= 0.3 is 18.3 Å². The summed E-state index contributed by atoms with van der Waals surface area (Å²) in [5, 5.41) is 6.48. The molecule has 41 heavy (non-hydrogen) atoms. The molecule has 1 aromatic carbocycles. The lowest BCUT2D eigenvalue weighted by molar-refractivity contribution is -0.138. The molecular weight excluding hydrogens is 537 g/mol. The van der Waals surface area contributed by atoms with E-state index in [1.165, 1.54) is 12.1 Å². The van der Waals surface area contributed by atoms with Crippen molar-refractivity contribution in [2.75, 3.05) is 38.0 Å². The molecule has 3 aliphatic heterocycles. The zero-order chi connectivity index (χ0) is 29.4. The van der Waals surface area contributed by atoms with Crippen molar-refractivity contribution in [2.45, 2.75) is 70.1 Å². The quantitative estimate of drug-likeness (QED) is 0.480. The van der Waals surface area contributed by atoms with Gasteiger partial charge in [0.15, 0.2) is 0 Å². The lowest BCUT2D eigenvalue weighted by atomic mass is 9.73. The smallest absolute Gasteiger partial charge is 0.416 e. The summed E-state index contributed by atoms with van der Waals surface area (Å²) in [4.78, 5) is 28.5. The van der Waals surface area contributed by atoms with Gasteiger partial charge in [-0.15, -0.1) is 0 Å². The Hall–Kier alpha value is -3.21. The number of ether oxygens (including phenoxy) is 2. The van der Waals surface area contributed by atoms with Gasteiger partial charge in [0.1, 0.15) is 5.60 Å². The second-order valence-corrected chi connectivity index (χ2v) is 12.2. The number of halogens is 3. The van der Waals surface area contributed by atoms with Gasteiger partial charge in [0.05, 0.1) is 17.8 Å². The van der Waals surface area contributed by atoms with Crippen LogP contribution in [0.15, 0.2) is 42.5 Å². The van der Waals surface area contributed by atoms with Gasteiger partial charge in [-0.1, -0.05) is 24.3 Å². The predicted octanol–water partition coefficient (Wildman–Crippen LogP) is 5.73. The van der Waals surface area contributed by atoms with Gasteiger partial charge < -0.3 is 29.9 Å². The van der Waals surface area contributed by atoms with E-state index >= 15 is 0 Å². The molecule has 3 heterocycles. The van der Waals surface area contributed by atoms with Gasteiger partial charge in [0.2, 0.25) is 0 Å². The molecule has 1 aliphatic carbocycles. The summed E-state index contributed by atoms with van der Waals surface area (Å²) in [6.07, 6.45) is 4.91. The summed E-state index contributed by atoms with van der Waals surface area (Å²) in [5.74, 6) is 0.210. The third-order valence-corrected chi connectivity index (χ3v) is 8.19. The number of hydrogen-bond donors (Lipinski definition) is 2. The average Bonchev–Trinajstić information content (AvgIpc) is 2.94. The van der Waals surface area contributed by atoms with Crippen LogP contribution < -0.4 is 10.6 Å². The number of allylic oxidation sites excluding steroid dienone is 3. The van der Waals surface area contributed by atoms with Gasteiger partial charge in [-0.25, -0.2) is 9.59 Å². The minimum absolute atomic E-state index is 0.0000156. The molecule has 0 aromatic heterocycles. The number of carbonyl (C=O) groups excluding carboxylic acids is 2. The molecule has 2 fully saturated rings. The minimum Gasteiger partial charge on any atom is -0.444 e. The predicted molar refractivity (Wildman–Crippen MR) is 148 cm³/mol. The van der Waals surface area contributed by atoms with E-state index in [1.54, 1.807) is 9.80 Å². The van der Waals surface area contributed by atoms with Gasteiger partial charge in [-0.3, -0.25) is 0 Å². The number of anilines is 1. The molecule has 0 bridgehead atoms. The van der Waals surface area contributed by atoms with Crippen LogP contribution in [-0.2, 0) is 15.7 Å². The van der Waals surface area contributed by atoms with Crippen LogP contribution in [0.3, 0.4) is 0 Å². The largest absolute Gasteiger partial charge is 0.444 e. The highest BCUT2D eigenvalue weighted by molar-refractivity contribution is 5.75. The Kier molecular flexibility index (Phi) is 8.27. The van der Waals surface area contributed by atoms with Gasteiger partial charge in [0.25, 0.3) is 0 Å². The monoisotopic (exact) mass is 576 g/mol. The summed E-state index contributed by atoms with van der Waals surface area (Å²) < 4.78 is 52.7. The Labute approximate surface area is 238 Å². The zero-order valence-electron chi connectivity index (χ0n) is 23.7. The molecular formula is C30H39F3N4O4. The van der Waals surface area contributed by atoms with Crippen molar-refractivity contribution in [3.8, 4) is 0 Å². The van der Waals surface area contributed by atoms with E-state index < -0.39 is 29.5 Å². The number of amides is 3. The first kappa shape index (κ1) is 29.3. The van der Waals surface area contributed by atoms with Gasteiger partial charge in [-0.05, 0) is 58.2 Å². The zero-order valence-corrected chi connectivity index (χ0v) is 23.7. The van der Waals surface area contributed by atoms with Crippen LogP contribution in [0.1, 0.15) is 57.3 Å². The van der Waals surface area contributed by atoms with E-state index in [-0.39, 0.29) is 36.6 Å². The maximum atomic E-state index is 13.6. The number of urea groups is 1. The molecule has 5 rings (SSSR count). The Bertz CT molecular complexity index is 1190. The van der Waals surface area contributed by atoms with E-state index in [1.807, 2.05) is 32.9 Å². The van der Waals surface area contributed by atoms with Crippen LogP contribution in [0, 0.1) is 11.8 Å². The van der Waals surface area contributed by atoms with Crippen molar-refractivity contribution >= 4 is 17.8 Å². The van der Waals surface area contributed by atoms with E-state index in [4.69, 9.17) is 9.47 Å². The molecule has 0 saturated carbocycles. The second-order valence-electron chi connectivity index (χ2n) is 12.2. The maximum Gasteiger partial charge on any atom is 0.416 e. The summed E-state index contributed by atoms with van der Waals surface area (Å²) in [6.45, 7) is 7.21. The van der Waals surface area contributed by atoms with E-state index in [9.17, 15) is 22.8 Å². The van der Waals surface area contributed by atoms with Crippen molar-refractivity contribution in [2.24, 2.45) is 11.8 Å². The third kappa shape index (κ3) is 6.82. The Morgan fingerprint density at radius 3 is 2.46 bits per heavy atom. The fraction of sp³-hybridized carbons (Fsp3) is 0.600. The summed E-state index contributed by atoms with van der Waals surface area (Å²) in [5.41, 5.74) is -0.0939. The highest BCUT2D eigenvalue weighted by atomic mass is 19.4. The van der Waals surface area contributed by atoms with Gasteiger partial charge in [-0.2, -0.15) is 13.2 Å². The van der Waals surface area contributed by atoms with Crippen LogP contribution in [0.5, 0.6) is 0 Å². The summed E-state index contributed by atoms with van der Waals surface area (Å²) in [7, 11) is 0. The van der Waals surface area contributed by atoms with Crippen LogP contribution >= 0.6 is 0 Å². The first-order valence-electron chi connectivity index (χ1n) is 14.4. The van der Waals surface area contributed by atoms with Crippen LogP contribution in [0.2, 0.25) is 0 Å². The minimum atomic E-state index is -4.45. The molecule has 224 valence electrons. The van der Waals surface area contributed by atoms with Crippen LogP contribution in [-0.4, -0.2) is 72.4 Å². The fourth-order valence-electron chi connectivity index (χ4n) is 6.14. The molecule has 8 nitrogen and oxygen atoms in total. The highest BCUT2D eigenvalue weighted by Gasteiger charge is 2.45. The molecule has 4 aliphatic rings. The van der Waals surface area contributed by atoms with Crippen molar-refractivity contribution in [3.63, 3.8) is 0 Å². The number of benzene rings is 1. The molecule has 0 radical (unpaired) electrons. The SMILES string of the molecule is CC(C)(C)OC(=O)N1CCN(C(=O)NC[C@H]2CC[C@@H]3[C@H](O2)c2cc(C(F)(F)F)ccc2N[C@H]3C2C=CC=CC2)CC1. The molecule has 3 amide bonds. The average molecular weight is 577 g/mol. The van der Waals surface area contributed by atoms with Gasteiger partial charge in [0, 0.05) is 61.9 Å². The Morgan fingerprint density at radius 2 is 1.80 bits per heavy atom. The Morgan fingerprint density at radius 1 is 1.07 bits per heavy atom. The normalized spacial score (nSPS) is 27.9. The van der Waals surface area contributed by atoms with E-state index in [0.717, 1.165) is 18.9 Å². The molecule has 1 unspecified atom stereocenters. The number of fused-ring (bicyclic) bond motifs is 3. The summed E-state index contributed by atoms with van der Waals surface area (Å²) >= 11 is 0. The standard InChI is InChI=1S/C30H39F3N4O4/c1-29(2,3)41-28(39)37-15-13-36(14-16-37)27(38)34-18-21-10-11-22-25(19-7-5-4-6-8-19)35-24-12-9-20(30(31,32)33)17-23(24)26(22)40-21/h4-7,9,12,17,19,21-22,25-26,35H,8,10-11,13-16,18H2,1-3H3,(H,34,38)/t19?,21-,22+,25+,26+/m1/s1. The highest BCUT2D eigenvalue weighted by Crippen LogP contribution is 2.49. The maximum absolute atomic E-state index is 13.6. The number of carbonyl (C=O) groups is 2. The number of rotatable bonds is 3. The number of hydrogen-bond acceptors (Lipinski definition) is 5. The number of piperazine rings is 1. The number of nitrogens with zero attached hydrogens (tertiary/aromatic N) is 2. The van der Waals surface area contributed by atoms with Crippen molar-refractivity contribution in [3.05, 3.63) is 53.6 Å². The lowest BCUT2D eigenvalue weighted by Crippen LogP contribution is -2.55. The molecule has 1 aromatic rings. The van der Waals surface area contributed by atoms with Crippen molar-refractivity contribution in [1.82, 2.24) is 15.1 Å². The topological polar surface area (TPSA) is 83.1 Å². The first-order valence-corrected chi connectivity index (χ1v) is 14.4. The van der Waals surface area contributed by atoms with Crippen LogP contribution in [0.4, 0.5) is 28.4 Å². The van der Waals surface area contributed by atoms with E-state index in [2.05, 4.69) is 22.8 Å². The van der Waals surface area contributed by atoms with Crippen LogP contribution in [0.25, 0.3) is 0 Å². The molecule has 11 heteroatoms. The van der Waals surface area contributed by atoms with Crippen molar-refractivity contribution in [1.29, 1.82) is 0 Å². The molecule has 0 spiro atoms. The summed E-state index contributed by atoms with van der Waals surface area (Å²) in [6, 6.07) is 3.61. The second kappa shape index (κ2) is 11.6. The fourth-order valence-corrected chi connectivity index (χ4v) is 6.14. The number of alkyl halides is 3. The molecule has 2 saturated heterocycles. The lowest BCUT2D eigenvalue weighted by Gasteiger charge is -2.47. The molecule has 2 N–H and O–H groups in total. The molecule has 5 atom stereocenters.